The smallest absolute Gasteiger partial charge is 0.272 e. The normalized spacial score (nSPS) is 17.1. The second-order valence-electron chi connectivity index (χ2n) is 7.36. The zero-order valence-corrected chi connectivity index (χ0v) is 16.5. The van der Waals surface area contributed by atoms with Crippen LogP contribution in [-0.4, -0.2) is 48.2 Å². The Hall–Kier alpha value is -2.96. The van der Waals surface area contributed by atoms with E-state index < -0.39 is 0 Å². The number of aryl methyl sites for hydroxylation is 2. The van der Waals surface area contributed by atoms with E-state index in [1.165, 1.54) is 0 Å². The Morgan fingerprint density at radius 1 is 1.21 bits per heavy atom. The predicted octanol–water partition coefficient (Wildman–Crippen LogP) is 3.02. The molecule has 0 saturated carbocycles. The van der Waals surface area contributed by atoms with Gasteiger partial charge in [-0.2, -0.15) is 5.10 Å². The lowest BCUT2D eigenvalue weighted by atomic mass is 9.97. The zero-order chi connectivity index (χ0) is 19.5. The van der Waals surface area contributed by atoms with Gasteiger partial charge in [-0.1, -0.05) is 0 Å². The summed E-state index contributed by atoms with van der Waals surface area (Å²) in [5, 5.41) is 4.24. The molecule has 4 heterocycles. The van der Waals surface area contributed by atoms with Gasteiger partial charge >= 0.3 is 0 Å². The fourth-order valence-corrected chi connectivity index (χ4v) is 4.01. The predicted molar refractivity (Wildman–Crippen MR) is 107 cm³/mol. The number of rotatable bonds is 5. The second-order valence-corrected chi connectivity index (χ2v) is 7.36. The highest BCUT2D eigenvalue weighted by molar-refractivity contribution is 5.92. The third-order valence-electron chi connectivity index (χ3n) is 5.48. The molecule has 1 aliphatic heterocycles. The number of likely N-dealkylation sites (tertiary alicyclic amines) is 1. The summed E-state index contributed by atoms with van der Waals surface area (Å²) >= 11 is 0. The Balaban J connectivity index is 1.51. The fraction of sp³-hybridized carbons (Fsp3) is 0.429. The largest absolute Gasteiger partial charge is 0.337 e. The van der Waals surface area contributed by atoms with Crippen LogP contribution in [0, 0.1) is 12.8 Å². The van der Waals surface area contributed by atoms with E-state index in [0.29, 0.717) is 18.2 Å². The van der Waals surface area contributed by atoms with Gasteiger partial charge in [0.1, 0.15) is 11.5 Å². The first-order valence-electron chi connectivity index (χ1n) is 9.91. The molecular formula is C21H26N6O. The molecule has 1 aliphatic rings. The molecule has 1 amide bonds. The molecule has 4 rings (SSSR count). The minimum Gasteiger partial charge on any atom is -0.337 e. The summed E-state index contributed by atoms with van der Waals surface area (Å²) in [6, 6.07) is 5.79. The third kappa shape index (κ3) is 3.56. The van der Waals surface area contributed by atoms with Crippen LogP contribution >= 0.6 is 0 Å². The molecule has 1 atom stereocenters. The number of aromatic nitrogens is 5. The van der Waals surface area contributed by atoms with Crippen LogP contribution in [0.25, 0.3) is 11.4 Å². The number of pyridine rings is 1. The summed E-state index contributed by atoms with van der Waals surface area (Å²) < 4.78 is 4.04. The van der Waals surface area contributed by atoms with Crippen LogP contribution in [0.3, 0.4) is 0 Å². The van der Waals surface area contributed by atoms with E-state index in [1.54, 1.807) is 23.3 Å². The number of hydrogen-bond acceptors (Lipinski definition) is 4. The Kier molecular flexibility index (Phi) is 5.23. The molecule has 3 aromatic heterocycles. The maximum Gasteiger partial charge on any atom is 0.272 e. The van der Waals surface area contributed by atoms with Gasteiger partial charge in [0.05, 0.1) is 0 Å². The highest BCUT2D eigenvalue weighted by atomic mass is 16.2. The lowest BCUT2D eigenvalue weighted by Gasteiger charge is -2.33. The van der Waals surface area contributed by atoms with E-state index in [-0.39, 0.29) is 5.91 Å². The van der Waals surface area contributed by atoms with Crippen molar-refractivity contribution in [1.82, 2.24) is 29.2 Å². The molecule has 0 bridgehead atoms. The molecule has 146 valence electrons. The van der Waals surface area contributed by atoms with Crippen LogP contribution < -0.4 is 0 Å². The highest BCUT2D eigenvalue weighted by Gasteiger charge is 2.27. The van der Waals surface area contributed by atoms with Crippen molar-refractivity contribution < 1.29 is 4.79 Å². The van der Waals surface area contributed by atoms with Crippen molar-refractivity contribution in [2.45, 2.75) is 39.8 Å². The molecule has 7 heteroatoms. The average Bonchev–Trinajstić information content (AvgIpc) is 3.35. The summed E-state index contributed by atoms with van der Waals surface area (Å²) in [7, 11) is 0. The SMILES string of the molecule is CCn1nccc1C(=O)N1CCCC(Cn2c(C)cnc2-c2ccncc2)C1. The van der Waals surface area contributed by atoms with Crippen LogP contribution in [0.4, 0.5) is 0 Å². The molecular weight excluding hydrogens is 352 g/mol. The molecule has 0 aliphatic carbocycles. The fourth-order valence-electron chi connectivity index (χ4n) is 4.01. The number of hydrogen-bond donors (Lipinski definition) is 0. The van der Waals surface area contributed by atoms with Crippen molar-refractivity contribution >= 4 is 5.91 Å². The zero-order valence-electron chi connectivity index (χ0n) is 16.5. The molecule has 1 unspecified atom stereocenters. The summed E-state index contributed by atoms with van der Waals surface area (Å²) in [6.45, 7) is 7.23. The number of carbonyl (C=O) groups is 1. The van der Waals surface area contributed by atoms with Gasteiger partial charge in [0.2, 0.25) is 0 Å². The minimum atomic E-state index is 0.0840. The van der Waals surface area contributed by atoms with Crippen LogP contribution in [0.5, 0.6) is 0 Å². The lowest BCUT2D eigenvalue weighted by Crippen LogP contribution is -2.42. The Bertz CT molecular complexity index is 945. The first kappa shape index (κ1) is 18.4. The van der Waals surface area contributed by atoms with Crippen LogP contribution in [0.2, 0.25) is 0 Å². The molecule has 0 spiro atoms. The number of nitrogens with zero attached hydrogens (tertiary/aromatic N) is 6. The third-order valence-corrected chi connectivity index (χ3v) is 5.48. The van der Waals surface area contributed by atoms with Crippen LogP contribution in [0.1, 0.15) is 35.9 Å². The van der Waals surface area contributed by atoms with E-state index >= 15 is 0 Å². The highest BCUT2D eigenvalue weighted by Crippen LogP contribution is 2.25. The first-order valence-corrected chi connectivity index (χ1v) is 9.91. The monoisotopic (exact) mass is 378 g/mol. The summed E-state index contributed by atoms with van der Waals surface area (Å²) in [5.74, 6) is 1.46. The molecule has 0 radical (unpaired) electrons. The number of imidazole rings is 1. The summed E-state index contributed by atoms with van der Waals surface area (Å²) in [5.41, 5.74) is 2.89. The van der Waals surface area contributed by atoms with E-state index in [0.717, 1.165) is 49.6 Å². The Morgan fingerprint density at radius 3 is 2.82 bits per heavy atom. The molecule has 0 aromatic carbocycles. The molecule has 1 saturated heterocycles. The van der Waals surface area contributed by atoms with Crippen molar-refractivity contribution in [3.8, 4) is 11.4 Å². The van der Waals surface area contributed by atoms with Gasteiger partial charge in [-0.25, -0.2) is 4.98 Å². The van der Waals surface area contributed by atoms with Crippen molar-refractivity contribution in [3.63, 3.8) is 0 Å². The number of piperidine rings is 1. The van der Waals surface area contributed by atoms with Crippen molar-refractivity contribution in [1.29, 1.82) is 0 Å². The maximum atomic E-state index is 13.0. The van der Waals surface area contributed by atoms with Crippen molar-refractivity contribution in [2.24, 2.45) is 5.92 Å². The van der Waals surface area contributed by atoms with E-state index in [9.17, 15) is 4.79 Å². The first-order chi connectivity index (χ1) is 13.7. The topological polar surface area (TPSA) is 68.8 Å². The van der Waals surface area contributed by atoms with Crippen LogP contribution in [-0.2, 0) is 13.1 Å². The molecule has 3 aromatic rings. The molecule has 0 N–H and O–H groups in total. The van der Waals surface area contributed by atoms with Gasteiger partial charge in [0.25, 0.3) is 5.91 Å². The van der Waals surface area contributed by atoms with Gasteiger partial charge in [0.15, 0.2) is 0 Å². The van der Waals surface area contributed by atoms with Gasteiger partial charge in [0, 0.05) is 62.2 Å². The van der Waals surface area contributed by atoms with Gasteiger partial charge in [-0.3, -0.25) is 14.5 Å². The molecule has 7 nitrogen and oxygen atoms in total. The number of carbonyl (C=O) groups excluding carboxylic acids is 1. The van der Waals surface area contributed by atoms with Crippen LogP contribution in [0.15, 0.2) is 43.0 Å². The van der Waals surface area contributed by atoms with E-state index in [2.05, 4.69) is 26.6 Å². The van der Waals surface area contributed by atoms with Crippen molar-refractivity contribution in [3.05, 3.63) is 54.4 Å². The van der Waals surface area contributed by atoms with Gasteiger partial charge < -0.3 is 9.47 Å². The molecule has 28 heavy (non-hydrogen) atoms. The van der Waals surface area contributed by atoms with Gasteiger partial charge in [-0.15, -0.1) is 0 Å². The van der Waals surface area contributed by atoms with Gasteiger partial charge in [-0.05, 0) is 50.8 Å². The minimum absolute atomic E-state index is 0.0840. The summed E-state index contributed by atoms with van der Waals surface area (Å²) in [6.07, 6.45) is 9.34. The summed E-state index contributed by atoms with van der Waals surface area (Å²) in [4.78, 5) is 23.7. The van der Waals surface area contributed by atoms with E-state index in [4.69, 9.17) is 0 Å². The van der Waals surface area contributed by atoms with E-state index in [1.807, 2.05) is 36.2 Å². The Morgan fingerprint density at radius 2 is 2.04 bits per heavy atom. The average molecular weight is 378 g/mol. The van der Waals surface area contributed by atoms with Crippen molar-refractivity contribution in [2.75, 3.05) is 13.1 Å². The lowest BCUT2D eigenvalue weighted by molar-refractivity contribution is 0.0650. The standard InChI is InChI=1S/C21H26N6O/c1-3-27-19(8-11-24-27)21(28)25-12-4-5-17(14-25)15-26-16(2)13-23-20(26)18-6-9-22-10-7-18/h6-11,13,17H,3-5,12,14-15H2,1-2H3. The Labute approximate surface area is 165 Å². The maximum absolute atomic E-state index is 13.0. The molecule has 1 fully saturated rings. The second kappa shape index (κ2) is 7.96. The quantitative estimate of drug-likeness (QED) is 0.684. The number of amides is 1.